The van der Waals surface area contributed by atoms with Crippen molar-refractivity contribution < 1.29 is 14.3 Å². The molecule has 0 saturated carbocycles. The van der Waals surface area contributed by atoms with Crippen LogP contribution in [0.25, 0.3) is 0 Å². The third-order valence-electron chi connectivity index (χ3n) is 4.57. The fourth-order valence-corrected chi connectivity index (χ4v) is 4.02. The fraction of sp³-hybridized carbons (Fsp3) is 0.318. The predicted octanol–water partition coefficient (Wildman–Crippen LogP) is 4.29. The molecule has 1 aliphatic rings. The van der Waals surface area contributed by atoms with Gasteiger partial charge in [0.1, 0.15) is 11.0 Å². The van der Waals surface area contributed by atoms with Gasteiger partial charge in [0.2, 0.25) is 11.8 Å². The lowest BCUT2D eigenvalue weighted by Gasteiger charge is -2.29. The van der Waals surface area contributed by atoms with Crippen LogP contribution in [0.5, 0.6) is 5.75 Å². The molecule has 0 aliphatic carbocycles. The number of thioether (sulfide) groups is 1. The third kappa shape index (κ3) is 5.17. The van der Waals surface area contributed by atoms with Gasteiger partial charge in [-0.25, -0.2) is 4.99 Å². The Labute approximate surface area is 175 Å². The molecule has 2 aromatic carbocycles. The molecule has 1 N–H and O–H groups in total. The van der Waals surface area contributed by atoms with Gasteiger partial charge in [-0.3, -0.25) is 14.5 Å². The number of rotatable bonds is 5. The molecule has 1 heterocycles. The van der Waals surface area contributed by atoms with E-state index in [1.165, 1.54) is 16.7 Å². The molecule has 29 heavy (non-hydrogen) atoms. The van der Waals surface area contributed by atoms with Gasteiger partial charge < -0.3 is 10.1 Å². The standard InChI is InChI=1S/C22H25N3O3S/c1-5-28-17-9-7-16(8-10-17)23-22-25(4)20(26)13-19(29-22)21(27)24-18-11-6-14(2)12-15(18)3/h6-12,19H,5,13H2,1-4H3,(H,24,27). The Hall–Kier alpha value is -2.80. The molecule has 2 aromatic rings. The summed E-state index contributed by atoms with van der Waals surface area (Å²) in [6.45, 7) is 6.48. The maximum atomic E-state index is 12.8. The second-order valence-electron chi connectivity index (χ2n) is 6.89. The van der Waals surface area contributed by atoms with Crippen molar-refractivity contribution in [2.75, 3.05) is 19.0 Å². The minimum Gasteiger partial charge on any atom is -0.494 e. The highest BCUT2D eigenvalue weighted by molar-refractivity contribution is 8.15. The monoisotopic (exact) mass is 411 g/mol. The van der Waals surface area contributed by atoms with Gasteiger partial charge in [-0.05, 0) is 56.7 Å². The van der Waals surface area contributed by atoms with Crippen molar-refractivity contribution >= 4 is 40.1 Å². The lowest BCUT2D eigenvalue weighted by molar-refractivity contribution is -0.128. The van der Waals surface area contributed by atoms with Gasteiger partial charge in [0, 0.05) is 19.2 Å². The van der Waals surface area contributed by atoms with Crippen LogP contribution in [0, 0.1) is 13.8 Å². The summed E-state index contributed by atoms with van der Waals surface area (Å²) in [6.07, 6.45) is 0.139. The maximum Gasteiger partial charge on any atom is 0.238 e. The van der Waals surface area contributed by atoms with Crippen LogP contribution in [-0.4, -0.2) is 40.8 Å². The Bertz CT molecular complexity index is 941. The van der Waals surface area contributed by atoms with E-state index in [1.54, 1.807) is 7.05 Å². The first-order valence-electron chi connectivity index (χ1n) is 9.50. The molecule has 2 amide bonds. The number of carbonyl (C=O) groups excluding carboxylic acids is 2. The van der Waals surface area contributed by atoms with Crippen LogP contribution >= 0.6 is 11.8 Å². The number of ether oxygens (including phenoxy) is 1. The summed E-state index contributed by atoms with van der Waals surface area (Å²) < 4.78 is 5.44. The minimum absolute atomic E-state index is 0.130. The summed E-state index contributed by atoms with van der Waals surface area (Å²) in [6, 6.07) is 13.2. The molecule has 152 valence electrons. The predicted molar refractivity (Wildman–Crippen MR) is 118 cm³/mol. The van der Waals surface area contributed by atoms with Gasteiger partial charge in [-0.1, -0.05) is 29.5 Å². The molecule has 6 nitrogen and oxygen atoms in total. The van der Waals surface area contributed by atoms with E-state index in [4.69, 9.17) is 4.74 Å². The quantitative estimate of drug-likeness (QED) is 0.797. The van der Waals surface area contributed by atoms with Gasteiger partial charge >= 0.3 is 0 Å². The molecular weight excluding hydrogens is 386 g/mol. The summed E-state index contributed by atoms with van der Waals surface area (Å²) in [5, 5.41) is 2.93. The molecule has 0 spiro atoms. The van der Waals surface area contributed by atoms with Crippen LogP contribution in [0.3, 0.4) is 0 Å². The summed E-state index contributed by atoms with van der Waals surface area (Å²) in [5.41, 5.74) is 3.59. The minimum atomic E-state index is -0.527. The first-order chi connectivity index (χ1) is 13.9. The van der Waals surface area contributed by atoms with Crippen molar-refractivity contribution in [1.82, 2.24) is 4.90 Å². The molecule has 1 fully saturated rings. The van der Waals surface area contributed by atoms with Crippen molar-refractivity contribution in [3.05, 3.63) is 53.6 Å². The highest BCUT2D eigenvalue weighted by atomic mass is 32.2. The van der Waals surface area contributed by atoms with E-state index in [2.05, 4.69) is 10.3 Å². The van der Waals surface area contributed by atoms with E-state index in [0.29, 0.717) is 17.5 Å². The van der Waals surface area contributed by atoms with Crippen molar-refractivity contribution in [3.63, 3.8) is 0 Å². The number of hydrogen-bond acceptors (Lipinski definition) is 5. The van der Waals surface area contributed by atoms with E-state index < -0.39 is 5.25 Å². The van der Waals surface area contributed by atoms with Crippen molar-refractivity contribution in [3.8, 4) is 5.75 Å². The highest BCUT2D eigenvalue weighted by Gasteiger charge is 2.34. The average molecular weight is 412 g/mol. The number of benzene rings is 2. The average Bonchev–Trinajstić information content (AvgIpc) is 2.69. The zero-order valence-corrected chi connectivity index (χ0v) is 17.9. The molecule has 1 saturated heterocycles. The summed E-state index contributed by atoms with van der Waals surface area (Å²) >= 11 is 1.30. The summed E-state index contributed by atoms with van der Waals surface area (Å²) in [5.74, 6) is 0.444. The van der Waals surface area contributed by atoms with Crippen molar-refractivity contribution in [2.45, 2.75) is 32.4 Å². The zero-order chi connectivity index (χ0) is 21.0. The SMILES string of the molecule is CCOc1ccc(N=C2SC(C(=O)Nc3ccc(C)cc3C)CC(=O)N2C)cc1. The lowest BCUT2D eigenvalue weighted by Crippen LogP contribution is -2.43. The van der Waals surface area contributed by atoms with Gasteiger partial charge in [0.05, 0.1) is 12.3 Å². The molecule has 0 aromatic heterocycles. The Morgan fingerprint density at radius 3 is 2.62 bits per heavy atom. The highest BCUT2D eigenvalue weighted by Crippen LogP contribution is 2.30. The Morgan fingerprint density at radius 1 is 1.24 bits per heavy atom. The molecule has 7 heteroatoms. The van der Waals surface area contributed by atoms with Crippen LogP contribution in [-0.2, 0) is 9.59 Å². The van der Waals surface area contributed by atoms with Crippen molar-refractivity contribution in [1.29, 1.82) is 0 Å². The first kappa shape index (κ1) is 20.9. The number of nitrogens with zero attached hydrogens (tertiary/aromatic N) is 2. The molecule has 0 bridgehead atoms. The molecular formula is C22H25N3O3S. The third-order valence-corrected chi connectivity index (χ3v) is 5.81. The Morgan fingerprint density at radius 2 is 1.97 bits per heavy atom. The van der Waals surface area contributed by atoms with Gasteiger partial charge in [0.15, 0.2) is 5.17 Å². The topological polar surface area (TPSA) is 71.0 Å². The van der Waals surface area contributed by atoms with Crippen LogP contribution in [0.1, 0.15) is 24.5 Å². The number of amides is 2. The van der Waals surface area contributed by atoms with Crippen LogP contribution in [0.2, 0.25) is 0 Å². The number of amidine groups is 1. The van der Waals surface area contributed by atoms with Crippen LogP contribution < -0.4 is 10.1 Å². The lowest BCUT2D eigenvalue weighted by atomic mass is 10.1. The van der Waals surface area contributed by atoms with Crippen LogP contribution in [0.15, 0.2) is 47.5 Å². The van der Waals surface area contributed by atoms with E-state index in [1.807, 2.05) is 63.2 Å². The Kier molecular flexibility index (Phi) is 6.59. The Balaban J connectivity index is 1.76. The largest absolute Gasteiger partial charge is 0.494 e. The molecule has 1 atom stereocenters. The summed E-state index contributed by atoms with van der Waals surface area (Å²) in [4.78, 5) is 31.3. The maximum absolute atomic E-state index is 12.8. The number of aliphatic imine (C=N–C) groups is 1. The number of carbonyl (C=O) groups is 2. The van der Waals surface area contributed by atoms with Gasteiger partial charge in [-0.15, -0.1) is 0 Å². The first-order valence-corrected chi connectivity index (χ1v) is 10.4. The van der Waals surface area contributed by atoms with E-state index in [0.717, 1.165) is 22.6 Å². The number of hydrogen-bond donors (Lipinski definition) is 1. The number of aryl methyl sites for hydroxylation is 2. The van der Waals surface area contributed by atoms with E-state index in [9.17, 15) is 9.59 Å². The van der Waals surface area contributed by atoms with Gasteiger partial charge in [-0.2, -0.15) is 0 Å². The molecule has 1 unspecified atom stereocenters. The summed E-state index contributed by atoms with van der Waals surface area (Å²) in [7, 11) is 1.68. The number of anilines is 1. The molecule has 1 aliphatic heterocycles. The van der Waals surface area contributed by atoms with Gasteiger partial charge in [0.25, 0.3) is 0 Å². The van der Waals surface area contributed by atoms with Crippen LogP contribution in [0.4, 0.5) is 11.4 Å². The fourth-order valence-electron chi connectivity index (χ4n) is 2.96. The second kappa shape index (κ2) is 9.13. The smallest absolute Gasteiger partial charge is 0.238 e. The van der Waals surface area contributed by atoms with E-state index >= 15 is 0 Å². The zero-order valence-electron chi connectivity index (χ0n) is 17.1. The van der Waals surface area contributed by atoms with Crippen molar-refractivity contribution in [2.24, 2.45) is 4.99 Å². The second-order valence-corrected chi connectivity index (χ2v) is 8.06. The normalized spacial score (nSPS) is 18.1. The molecule has 0 radical (unpaired) electrons. The van der Waals surface area contributed by atoms with E-state index in [-0.39, 0.29) is 18.2 Å². The number of nitrogens with one attached hydrogen (secondary N) is 1. The molecule has 3 rings (SSSR count).